The van der Waals surface area contributed by atoms with E-state index in [0.717, 1.165) is 19.6 Å². The molecule has 0 aliphatic carbocycles. The first kappa shape index (κ1) is 10.5. The van der Waals surface area contributed by atoms with E-state index in [9.17, 15) is 4.79 Å². The Balaban J connectivity index is 2.73. The maximum atomic E-state index is 11.8. The number of carbonyl (C=O) groups excluding carboxylic acids is 1. The molecule has 1 aliphatic heterocycles. The molecule has 1 rings (SSSR count). The Morgan fingerprint density at radius 3 is 2.62 bits per heavy atom. The first-order valence-electron chi connectivity index (χ1n) is 4.71. The number of likely N-dealkylation sites (N-methyl/N-ethyl adjacent to an activating group) is 1. The number of hydrogen-bond acceptors (Lipinski definition) is 3. The van der Waals surface area contributed by atoms with Crippen LogP contribution in [0.15, 0.2) is 0 Å². The third-order valence-electron chi connectivity index (χ3n) is 2.76. The summed E-state index contributed by atoms with van der Waals surface area (Å²) in [6, 6.07) is 0. The van der Waals surface area contributed by atoms with Gasteiger partial charge in [-0.25, -0.2) is 0 Å². The highest BCUT2D eigenvalue weighted by atomic mass is 16.2. The van der Waals surface area contributed by atoms with E-state index in [-0.39, 0.29) is 11.4 Å². The Labute approximate surface area is 79.7 Å². The molecule has 0 bridgehead atoms. The van der Waals surface area contributed by atoms with Crippen LogP contribution in [0.1, 0.15) is 13.8 Å². The zero-order chi connectivity index (χ0) is 10.1. The Kier molecular flexibility index (Phi) is 2.93. The fraction of sp³-hybridized carbons (Fsp3) is 0.889. The van der Waals surface area contributed by atoms with Crippen LogP contribution in [-0.4, -0.2) is 54.5 Å². The third kappa shape index (κ3) is 1.84. The van der Waals surface area contributed by atoms with Crippen LogP contribution in [-0.2, 0) is 4.79 Å². The summed E-state index contributed by atoms with van der Waals surface area (Å²) in [5.74, 6) is 0.187. The van der Waals surface area contributed by atoms with E-state index in [2.05, 4.69) is 4.90 Å². The Bertz CT molecular complexity index is 203. The lowest BCUT2D eigenvalue weighted by Crippen LogP contribution is -2.62. The van der Waals surface area contributed by atoms with E-state index >= 15 is 0 Å². The summed E-state index contributed by atoms with van der Waals surface area (Å²) in [7, 11) is 1.85. The number of hydrogen-bond donors (Lipinski definition) is 1. The largest absolute Gasteiger partial charge is 0.343 e. The highest BCUT2D eigenvalue weighted by Gasteiger charge is 2.39. The van der Waals surface area contributed by atoms with E-state index in [4.69, 9.17) is 5.73 Å². The fourth-order valence-corrected chi connectivity index (χ4v) is 1.80. The second-order valence-corrected chi connectivity index (χ2v) is 4.06. The van der Waals surface area contributed by atoms with Crippen molar-refractivity contribution in [1.82, 2.24) is 9.80 Å². The van der Waals surface area contributed by atoms with Crippen molar-refractivity contribution in [3.05, 3.63) is 0 Å². The fourth-order valence-electron chi connectivity index (χ4n) is 1.80. The van der Waals surface area contributed by atoms with Crippen molar-refractivity contribution in [1.29, 1.82) is 0 Å². The van der Waals surface area contributed by atoms with Gasteiger partial charge < -0.3 is 10.6 Å². The zero-order valence-corrected chi connectivity index (χ0v) is 8.71. The molecule has 0 saturated carbocycles. The molecule has 76 valence electrons. The quantitative estimate of drug-likeness (QED) is 0.631. The average Bonchev–Trinajstić information content (AvgIpc) is 2.07. The van der Waals surface area contributed by atoms with Crippen molar-refractivity contribution < 1.29 is 4.79 Å². The summed E-state index contributed by atoms with van der Waals surface area (Å²) in [6.45, 7) is 7.06. The second-order valence-electron chi connectivity index (χ2n) is 4.06. The van der Waals surface area contributed by atoms with E-state index in [1.54, 1.807) is 4.90 Å². The molecule has 0 spiro atoms. The van der Waals surface area contributed by atoms with Gasteiger partial charge in [-0.3, -0.25) is 9.69 Å². The summed E-state index contributed by atoms with van der Waals surface area (Å²) in [5.41, 5.74) is 5.11. The van der Waals surface area contributed by atoms with Gasteiger partial charge in [0, 0.05) is 33.2 Å². The summed E-state index contributed by atoms with van der Waals surface area (Å²) >= 11 is 0. The molecule has 4 nitrogen and oxygen atoms in total. The van der Waals surface area contributed by atoms with Crippen molar-refractivity contribution in [2.24, 2.45) is 5.73 Å². The number of amides is 1. The van der Waals surface area contributed by atoms with Gasteiger partial charge in [0.15, 0.2) is 0 Å². The molecule has 1 aliphatic rings. The maximum absolute atomic E-state index is 11.8. The van der Waals surface area contributed by atoms with Gasteiger partial charge in [-0.05, 0) is 13.8 Å². The van der Waals surface area contributed by atoms with Gasteiger partial charge in [-0.2, -0.15) is 0 Å². The molecule has 1 fully saturated rings. The number of nitrogens with zero attached hydrogens (tertiary/aromatic N) is 2. The van der Waals surface area contributed by atoms with Crippen LogP contribution in [0.3, 0.4) is 0 Å². The van der Waals surface area contributed by atoms with Crippen molar-refractivity contribution in [2.75, 3.05) is 33.2 Å². The summed E-state index contributed by atoms with van der Waals surface area (Å²) < 4.78 is 0. The Morgan fingerprint density at radius 1 is 1.46 bits per heavy atom. The standard InChI is InChI=1S/C9H19N3O/c1-9(2)8(13)11(3)6-7-12(9)5-4-10/h4-7,10H2,1-3H3. The van der Waals surface area contributed by atoms with E-state index in [1.807, 2.05) is 20.9 Å². The molecule has 4 heteroatoms. The molecular weight excluding hydrogens is 166 g/mol. The lowest BCUT2D eigenvalue weighted by Gasteiger charge is -2.44. The predicted octanol–water partition coefficient (Wildman–Crippen LogP) is -0.502. The smallest absolute Gasteiger partial charge is 0.242 e. The molecule has 0 aromatic carbocycles. The first-order chi connectivity index (χ1) is 6.00. The van der Waals surface area contributed by atoms with Crippen LogP contribution >= 0.6 is 0 Å². The number of rotatable bonds is 2. The molecule has 1 amide bonds. The van der Waals surface area contributed by atoms with Crippen LogP contribution in [0.5, 0.6) is 0 Å². The molecule has 0 unspecified atom stereocenters. The Morgan fingerprint density at radius 2 is 2.08 bits per heavy atom. The topological polar surface area (TPSA) is 49.6 Å². The number of piperazine rings is 1. The minimum Gasteiger partial charge on any atom is -0.343 e. The summed E-state index contributed by atoms with van der Waals surface area (Å²) in [4.78, 5) is 15.7. The maximum Gasteiger partial charge on any atom is 0.242 e. The molecule has 0 aromatic rings. The first-order valence-corrected chi connectivity index (χ1v) is 4.71. The normalized spacial score (nSPS) is 23.7. The zero-order valence-electron chi connectivity index (χ0n) is 8.71. The molecule has 13 heavy (non-hydrogen) atoms. The molecule has 1 saturated heterocycles. The van der Waals surface area contributed by atoms with Gasteiger partial charge >= 0.3 is 0 Å². The second kappa shape index (κ2) is 3.64. The van der Waals surface area contributed by atoms with E-state index in [0.29, 0.717) is 6.54 Å². The average molecular weight is 185 g/mol. The monoisotopic (exact) mass is 185 g/mol. The molecule has 1 heterocycles. The van der Waals surface area contributed by atoms with Gasteiger partial charge in [0.2, 0.25) is 5.91 Å². The summed E-state index contributed by atoms with van der Waals surface area (Å²) in [5, 5.41) is 0. The number of nitrogens with two attached hydrogens (primary N) is 1. The van der Waals surface area contributed by atoms with Crippen molar-refractivity contribution in [3.63, 3.8) is 0 Å². The van der Waals surface area contributed by atoms with Crippen LogP contribution in [0.4, 0.5) is 0 Å². The highest BCUT2D eigenvalue weighted by molar-refractivity contribution is 5.86. The molecule has 0 atom stereocenters. The summed E-state index contributed by atoms with van der Waals surface area (Å²) in [6.07, 6.45) is 0. The van der Waals surface area contributed by atoms with Gasteiger partial charge in [0.05, 0.1) is 5.54 Å². The van der Waals surface area contributed by atoms with Crippen LogP contribution < -0.4 is 5.73 Å². The van der Waals surface area contributed by atoms with Crippen LogP contribution in [0.2, 0.25) is 0 Å². The lowest BCUT2D eigenvalue weighted by molar-refractivity contribution is -0.146. The van der Waals surface area contributed by atoms with Gasteiger partial charge in [0.25, 0.3) is 0 Å². The van der Waals surface area contributed by atoms with E-state index in [1.165, 1.54) is 0 Å². The van der Waals surface area contributed by atoms with Crippen LogP contribution in [0.25, 0.3) is 0 Å². The number of carbonyl (C=O) groups is 1. The lowest BCUT2D eigenvalue weighted by atomic mass is 9.98. The molecule has 2 N–H and O–H groups in total. The molecule has 0 radical (unpaired) electrons. The van der Waals surface area contributed by atoms with Crippen LogP contribution in [0, 0.1) is 0 Å². The van der Waals surface area contributed by atoms with Gasteiger partial charge in [0.1, 0.15) is 0 Å². The third-order valence-corrected chi connectivity index (χ3v) is 2.76. The SMILES string of the molecule is CN1CCN(CCN)C(C)(C)C1=O. The minimum atomic E-state index is -0.383. The molecule has 0 aromatic heterocycles. The van der Waals surface area contributed by atoms with Crippen molar-refractivity contribution in [2.45, 2.75) is 19.4 Å². The van der Waals surface area contributed by atoms with E-state index < -0.39 is 0 Å². The van der Waals surface area contributed by atoms with Crippen molar-refractivity contribution >= 4 is 5.91 Å². The Hall–Kier alpha value is -0.610. The minimum absolute atomic E-state index is 0.187. The highest BCUT2D eigenvalue weighted by Crippen LogP contribution is 2.20. The van der Waals surface area contributed by atoms with Gasteiger partial charge in [-0.1, -0.05) is 0 Å². The van der Waals surface area contributed by atoms with Gasteiger partial charge in [-0.15, -0.1) is 0 Å². The molecular formula is C9H19N3O. The predicted molar refractivity (Wildman–Crippen MR) is 52.3 cm³/mol. The van der Waals surface area contributed by atoms with Crippen molar-refractivity contribution in [3.8, 4) is 0 Å².